The van der Waals surface area contributed by atoms with Crippen LogP contribution in [0, 0.1) is 0 Å². The number of rotatable bonds is 8. The lowest BCUT2D eigenvalue weighted by Crippen LogP contribution is -2.35. The van der Waals surface area contributed by atoms with Gasteiger partial charge in [0.15, 0.2) is 0 Å². The van der Waals surface area contributed by atoms with Crippen LogP contribution in [0.25, 0.3) is 0 Å². The third-order valence-electron chi connectivity index (χ3n) is 2.39. The van der Waals surface area contributed by atoms with Gasteiger partial charge >= 0.3 is 5.97 Å². The molecule has 0 aliphatic carbocycles. The highest BCUT2D eigenvalue weighted by atomic mass is 32.2. The standard InChI is InChI=1S/C10H21NO2S/c1-3-5-6-10(4-2,9(12)13)14-8-7-11/h3-8,11H2,1-2H3,(H,12,13)/t10-/m0/s1. The molecule has 0 saturated carbocycles. The summed E-state index contributed by atoms with van der Waals surface area (Å²) in [6.45, 7) is 4.56. The molecule has 0 saturated heterocycles. The van der Waals surface area contributed by atoms with E-state index in [9.17, 15) is 9.90 Å². The summed E-state index contributed by atoms with van der Waals surface area (Å²) in [7, 11) is 0. The van der Waals surface area contributed by atoms with Crippen LogP contribution >= 0.6 is 11.8 Å². The van der Waals surface area contributed by atoms with E-state index in [1.165, 1.54) is 11.8 Å². The van der Waals surface area contributed by atoms with E-state index in [0.717, 1.165) is 25.0 Å². The lowest BCUT2D eigenvalue weighted by Gasteiger charge is -2.27. The van der Waals surface area contributed by atoms with Gasteiger partial charge in [0.2, 0.25) is 0 Å². The molecule has 0 aromatic rings. The van der Waals surface area contributed by atoms with Crippen LogP contribution in [0.3, 0.4) is 0 Å². The van der Waals surface area contributed by atoms with Gasteiger partial charge in [-0.1, -0.05) is 26.7 Å². The highest BCUT2D eigenvalue weighted by Crippen LogP contribution is 2.34. The van der Waals surface area contributed by atoms with Crippen LogP contribution in [0.1, 0.15) is 39.5 Å². The maximum atomic E-state index is 11.2. The first-order valence-electron chi connectivity index (χ1n) is 5.20. The highest BCUT2D eigenvalue weighted by molar-refractivity contribution is 8.01. The van der Waals surface area contributed by atoms with Crippen molar-refractivity contribution in [3.63, 3.8) is 0 Å². The van der Waals surface area contributed by atoms with E-state index in [-0.39, 0.29) is 0 Å². The van der Waals surface area contributed by atoms with E-state index < -0.39 is 10.7 Å². The zero-order chi connectivity index (χ0) is 11.0. The molecule has 0 aliphatic rings. The molecule has 0 rings (SSSR count). The topological polar surface area (TPSA) is 63.3 Å². The predicted molar refractivity (Wildman–Crippen MR) is 61.7 cm³/mol. The molecule has 0 amide bonds. The Kier molecular flexibility index (Phi) is 7.01. The molecule has 1 atom stereocenters. The van der Waals surface area contributed by atoms with E-state index in [2.05, 4.69) is 6.92 Å². The maximum Gasteiger partial charge on any atom is 0.319 e. The Hall–Kier alpha value is -0.220. The van der Waals surface area contributed by atoms with E-state index >= 15 is 0 Å². The summed E-state index contributed by atoms with van der Waals surface area (Å²) in [4.78, 5) is 11.2. The number of unbranched alkanes of at least 4 members (excludes halogenated alkanes) is 1. The van der Waals surface area contributed by atoms with Crippen LogP contribution in [-0.4, -0.2) is 28.1 Å². The minimum absolute atomic E-state index is 0.547. The minimum Gasteiger partial charge on any atom is -0.480 e. The second-order valence-corrected chi connectivity index (χ2v) is 4.87. The minimum atomic E-state index is -0.688. The summed E-state index contributed by atoms with van der Waals surface area (Å²) in [5.74, 6) is 0.0380. The van der Waals surface area contributed by atoms with Gasteiger partial charge < -0.3 is 10.8 Å². The van der Waals surface area contributed by atoms with Crippen LogP contribution in [-0.2, 0) is 4.79 Å². The Morgan fingerprint density at radius 1 is 1.50 bits per heavy atom. The van der Waals surface area contributed by atoms with Gasteiger partial charge in [-0.3, -0.25) is 4.79 Å². The van der Waals surface area contributed by atoms with Crippen molar-refractivity contribution in [1.29, 1.82) is 0 Å². The second-order valence-electron chi connectivity index (χ2n) is 3.39. The number of aliphatic carboxylic acids is 1. The Labute approximate surface area is 90.4 Å². The van der Waals surface area contributed by atoms with Crippen LogP contribution in [0.2, 0.25) is 0 Å². The maximum absolute atomic E-state index is 11.2. The second kappa shape index (κ2) is 7.12. The van der Waals surface area contributed by atoms with E-state index in [4.69, 9.17) is 5.73 Å². The van der Waals surface area contributed by atoms with Crippen LogP contribution in [0.15, 0.2) is 0 Å². The number of nitrogens with two attached hydrogens (primary N) is 1. The molecule has 0 aromatic heterocycles. The Morgan fingerprint density at radius 3 is 2.50 bits per heavy atom. The van der Waals surface area contributed by atoms with Gasteiger partial charge in [0, 0.05) is 12.3 Å². The van der Waals surface area contributed by atoms with Crippen LogP contribution in [0.5, 0.6) is 0 Å². The normalized spacial score (nSPS) is 15.1. The monoisotopic (exact) mass is 219 g/mol. The van der Waals surface area contributed by atoms with Gasteiger partial charge in [-0.2, -0.15) is 0 Å². The molecule has 0 heterocycles. The first-order valence-corrected chi connectivity index (χ1v) is 6.19. The lowest BCUT2D eigenvalue weighted by molar-refractivity contribution is -0.140. The Balaban J connectivity index is 4.35. The summed E-state index contributed by atoms with van der Waals surface area (Å²) in [6.07, 6.45) is 3.43. The van der Waals surface area contributed by atoms with Crippen molar-refractivity contribution < 1.29 is 9.90 Å². The fourth-order valence-electron chi connectivity index (χ4n) is 1.39. The third-order valence-corrected chi connectivity index (χ3v) is 4.05. The molecule has 14 heavy (non-hydrogen) atoms. The van der Waals surface area contributed by atoms with Gasteiger partial charge in [0.05, 0.1) is 0 Å². The molecular weight excluding hydrogens is 198 g/mol. The zero-order valence-corrected chi connectivity index (χ0v) is 9.90. The summed E-state index contributed by atoms with van der Waals surface area (Å²) in [5.41, 5.74) is 5.41. The number of thioether (sulfide) groups is 1. The van der Waals surface area contributed by atoms with Gasteiger partial charge in [-0.05, 0) is 12.8 Å². The first-order chi connectivity index (χ1) is 6.63. The average Bonchev–Trinajstić information content (AvgIpc) is 2.18. The molecule has 0 aliphatic heterocycles. The summed E-state index contributed by atoms with van der Waals surface area (Å²) in [6, 6.07) is 0. The Morgan fingerprint density at radius 2 is 2.14 bits per heavy atom. The van der Waals surface area contributed by atoms with E-state index in [1.807, 2.05) is 6.92 Å². The van der Waals surface area contributed by atoms with Crippen molar-refractivity contribution in [3.05, 3.63) is 0 Å². The Bertz CT molecular complexity index is 166. The number of hydrogen-bond donors (Lipinski definition) is 2. The molecular formula is C10H21NO2S. The zero-order valence-electron chi connectivity index (χ0n) is 9.08. The molecule has 0 aromatic carbocycles. The third kappa shape index (κ3) is 3.88. The number of hydrogen-bond acceptors (Lipinski definition) is 3. The highest BCUT2D eigenvalue weighted by Gasteiger charge is 2.36. The average molecular weight is 219 g/mol. The molecule has 0 radical (unpaired) electrons. The van der Waals surface area contributed by atoms with Gasteiger partial charge in [-0.15, -0.1) is 11.8 Å². The first kappa shape index (κ1) is 13.8. The van der Waals surface area contributed by atoms with Crippen molar-refractivity contribution in [2.75, 3.05) is 12.3 Å². The molecule has 0 fully saturated rings. The molecule has 3 N–H and O–H groups in total. The summed E-state index contributed by atoms with van der Waals surface area (Å²) >= 11 is 1.49. The van der Waals surface area contributed by atoms with E-state index in [1.54, 1.807) is 0 Å². The quantitative estimate of drug-likeness (QED) is 0.656. The molecule has 4 heteroatoms. The number of carboxylic acid groups (broad SMARTS) is 1. The van der Waals surface area contributed by atoms with Crippen molar-refractivity contribution >= 4 is 17.7 Å². The predicted octanol–water partition coefficient (Wildman–Crippen LogP) is 2.10. The van der Waals surface area contributed by atoms with Crippen LogP contribution in [0.4, 0.5) is 0 Å². The van der Waals surface area contributed by atoms with Crippen molar-refractivity contribution in [2.45, 2.75) is 44.3 Å². The fraction of sp³-hybridized carbons (Fsp3) is 0.900. The molecule has 0 spiro atoms. The molecule has 0 unspecified atom stereocenters. The van der Waals surface area contributed by atoms with Crippen molar-refractivity contribution in [2.24, 2.45) is 5.73 Å². The van der Waals surface area contributed by atoms with Crippen molar-refractivity contribution in [1.82, 2.24) is 0 Å². The molecule has 0 bridgehead atoms. The van der Waals surface area contributed by atoms with Gasteiger partial charge in [0.25, 0.3) is 0 Å². The summed E-state index contributed by atoms with van der Waals surface area (Å²) < 4.78 is -0.602. The number of carbonyl (C=O) groups is 1. The smallest absolute Gasteiger partial charge is 0.319 e. The number of carboxylic acids is 1. The lowest BCUT2D eigenvalue weighted by atomic mass is 9.98. The fourth-order valence-corrected chi connectivity index (χ4v) is 2.51. The van der Waals surface area contributed by atoms with Gasteiger partial charge in [0.1, 0.15) is 4.75 Å². The summed E-state index contributed by atoms with van der Waals surface area (Å²) in [5, 5.41) is 9.22. The van der Waals surface area contributed by atoms with Gasteiger partial charge in [-0.25, -0.2) is 0 Å². The SMILES string of the molecule is CCCC[C@](CC)(SCCN)C(=O)O. The molecule has 84 valence electrons. The largest absolute Gasteiger partial charge is 0.480 e. The van der Waals surface area contributed by atoms with E-state index in [0.29, 0.717) is 13.0 Å². The molecule has 3 nitrogen and oxygen atoms in total. The van der Waals surface area contributed by atoms with Crippen LogP contribution < -0.4 is 5.73 Å². The van der Waals surface area contributed by atoms with Crippen molar-refractivity contribution in [3.8, 4) is 0 Å².